The topological polar surface area (TPSA) is 48.1 Å². The standard InChI is InChI=1S/C13H13FN2O/c1-8-6-12(10(14)7-11(8)15)17-13-5-3-4-9(2)16-13/h3-7H,15H2,1-2H3. The highest BCUT2D eigenvalue weighted by Gasteiger charge is 2.08. The number of nitrogens with two attached hydrogens (primary N) is 1. The van der Waals surface area contributed by atoms with Gasteiger partial charge in [-0.25, -0.2) is 9.37 Å². The molecule has 0 amide bonds. The van der Waals surface area contributed by atoms with E-state index in [1.54, 1.807) is 25.1 Å². The quantitative estimate of drug-likeness (QED) is 0.809. The van der Waals surface area contributed by atoms with E-state index in [9.17, 15) is 4.39 Å². The molecule has 1 heterocycles. The van der Waals surface area contributed by atoms with Crippen LogP contribution in [0.2, 0.25) is 0 Å². The van der Waals surface area contributed by atoms with Gasteiger partial charge in [-0.05, 0) is 31.5 Å². The fourth-order valence-electron chi connectivity index (χ4n) is 1.44. The summed E-state index contributed by atoms with van der Waals surface area (Å²) in [4.78, 5) is 4.14. The number of hydrogen-bond donors (Lipinski definition) is 1. The van der Waals surface area contributed by atoms with Gasteiger partial charge in [0.25, 0.3) is 0 Å². The number of aryl methyl sites for hydroxylation is 2. The Hall–Kier alpha value is -2.10. The average molecular weight is 232 g/mol. The molecule has 1 aromatic heterocycles. The number of nitrogens with zero attached hydrogens (tertiary/aromatic N) is 1. The average Bonchev–Trinajstić information content (AvgIpc) is 2.26. The summed E-state index contributed by atoms with van der Waals surface area (Å²) in [7, 11) is 0. The zero-order valence-electron chi connectivity index (χ0n) is 9.70. The number of nitrogen functional groups attached to an aromatic ring is 1. The molecule has 0 aliphatic rings. The molecule has 2 aromatic rings. The smallest absolute Gasteiger partial charge is 0.219 e. The van der Waals surface area contributed by atoms with Gasteiger partial charge in [0.05, 0.1) is 0 Å². The molecule has 0 saturated carbocycles. The van der Waals surface area contributed by atoms with Crippen LogP contribution < -0.4 is 10.5 Å². The van der Waals surface area contributed by atoms with Crippen LogP contribution in [0.1, 0.15) is 11.3 Å². The fraction of sp³-hybridized carbons (Fsp3) is 0.154. The molecule has 0 aliphatic heterocycles. The summed E-state index contributed by atoms with van der Waals surface area (Å²) in [6.45, 7) is 3.64. The number of anilines is 1. The first-order chi connectivity index (χ1) is 8.06. The molecule has 0 spiro atoms. The van der Waals surface area contributed by atoms with Gasteiger partial charge in [-0.1, -0.05) is 6.07 Å². The molecular formula is C13H13FN2O. The normalized spacial score (nSPS) is 10.3. The van der Waals surface area contributed by atoms with Crippen molar-refractivity contribution in [2.24, 2.45) is 0 Å². The van der Waals surface area contributed by atoms with Gasteiger partial charge in [0.2, 0.25) is 5.88 Å². The van der Waals surface area contributed by atoms with Crippen molar-refractivity contribution in [2.75, 3.05) is 5.73 Å². The molecule has 0 bridgehead atoms. The molecule has 0 unspecified atom stereocenters. The Morgan fingerprint density at radius 3 is 2.71 bits per heavy atom. The van der Waals surface area contributed by atoms with Crippen LogP contribution in [0.4, 0.5) is 10.1 Å². The largest absolute Gasteiger partial charge is 0.436 e. The fourth-order valence-corrected chi connectivity index (χ4v) is 1.44. The molecule has 2 rings (SSSR count). The first-order valence-corrected chi connectivity index (χ1v) is 5.23. The molecule has 0 radical (unpaired) electrons. The van der Waals surface area contributed by atoms with Gasteiger partial charge in [-0.3, -0.25) is 0 Å². The van der Waals surface area contributed by atoms with Crippen LogP contribution in [0.3, 0.4) is 0 Å². The molecule has 3 nitrogen and oxygen atoms in total. The second kappa shape index (κ2) is 4.41. The Morgan fingerprint density at radius 2 is 2.00 bits per heavy atom. The van der Waals surface area contributed by atoms with Crippen molar-refractivity contribution in [2.45, 2.75) is 13.8 Å². The van der Waals surface area contributed by atoms with Crippen LogP contribution >= 0.6 is 0 Å². The van der Waals surface area contributed by atoms with Crippen molar-refractivity contribution in [3.8, 4) is 11.6 Å². The molecular weight excluding hydrogens is 219 g/mol. The number of benzene rings is 1. The van der Waals surface area contributed by atoms with E-state index in [-0.39, 0.29) is 5.75 Å². The maximum Gasteiger partial charge on any atom is 0.219 e. The first kappa shape index (κ1) is 11.4. The third-order valence-electron chi connectivity index (χ3n) is 2.40. The second-order valence-corrected chi connectivity index (χ2v) is 3.86. The van der Waals surface area contributed by atoms with Gasteiger partial charge >= 0.3 is 0 Å². The number of aromatic nitrogens is 1. The van der Waals surface area contributed by atoms with E-state index in [0.29, 0.717) is 11.6 Å². The van der Waals surface area contributed by atoms with E-state index in [1.807, 2.05) is 13.0 Å². The van der Waals surface area contributed by atoms with E-state index in [0.717, 1.165) is 11.3 Å². The van der Waals surface area contributed by atoms with E-state index in [1.165, 1.54) is 6.07 Å². The minimum atomic E-state index is -0.489. The third-order valence-corrected chi connectivity index (χ3v) is 2.40. The summed E-state index contributed by atoms with van der Waals surface area (Å²) < 4.78 is 19.0. The van der Waals surface area contributed by atoms with Crippen molar-refractivity contribution in [3.05, 3.63) is 47.4 Å². The van der Waals surface area contributed by atoms with Crippen LogP contribution in [0, 0.1) is 19.7 Å². The monoisotopic (exact) mass is 232 g/mol. The van der Waals surface area contributed by atoms with Crippen molar-refractivity contribution in [1.29, 1.82) is 0 Å². The molecule has 0 fully saturated rings. The van der Waals surface area contributed by atoms with Crippen LogP contribution in [-0.2, 0) is 0 Å². The van der Waals surface area contributed by atoms with E-state index in [2.05, 4.69) is 4.98 Å². The Morgan fingerprint density at radius 1 is 1.24 bits per heavy atom. The van der Waals surface area contributed by atoms with Crippen LogP contribution in [0.15, 0.2) is 30.3 Å². The highest BCUT2D eigenvalue weighted by molar-refractivity contribution is 5.51. The second-order valence-electron chi connectivity index (χ2n) is 3.86. The summed E-state index contributed by atoms with van der Waals surface area (Å²) in [5.41, 5.74) is 7.59. The molecule has 17 heavy (non-hydrogen) atoms. The predicted molar refractivity (Wildman–Crippen MR) is 64.6 cm³/mol. The predicted octanol–water partition coefficient (Wildman–Crippen LogP) is 3.21. The van der Waals surface area contributed by atoms with Crippen LogP contribution in [0.25, 0.3) is 0 Å². The molecule has 1 aromatic carbocycles. The number of hydrogen-bond acceptors (Lipinski definition) is 3. The van der Waals surface area contributed by atoms with Crippen molar-refractivity contribution >= 4 is 5.69 Å². The van der Waals surface area contributed by atoms with Crippen LogP contribution in [0.5, 0.6) is 11.6 Å². The molecule has 0 atom stereocenters. The first-order valence-electron chi connectivity index (χ1n) is 5.23. The van der Waals surface area contributed by atoms with Gasteiger partial charge in [0.15, 0.2) is 11.6 Å². The molecule has 4 heteroatoms. The summed E-state index contributed by atoms with van der Waals surface area (Å²) in [6, 6.07) is 8.14. The highest BCUT2D eigenvalue weighted by atomic mass is 19.1. The summed E-state index contributed by atoms with van der Waals surface area (Å²) in [5, 5.41) is 0. The third kappa shape index (κ3) is 2.53. The van der Waals surface area contributed by atoms with Gasteiger partial charge in [0.1, 0.15) is 0 Å². The number of halogens is 1. The van der Waals surface area contributed by atoms with Crippen molar-refractivity contribution in [3.63, 3.8) is 0 Å². The number of ether oxygens (including phenoxy) is 1. The lowest BCUT2D eigenvalue weighted by molar-refractivity contribution is 0.426. The lowest BCUT2D eigenvalue weighted by Crippen LogP contribution is -1.96. The summed E-state index contributed by atoms with van der Waals surface area (Å²) in [5.74, 6) is 0.0132. The molecule has 0 aliphatic carbocycles. The maximum atomic E-state index is 13.6. The minimum Gasteiger partial charge on any atom is -0.436 e. The summed E-state index contributed by atoms with van der Waals surface area (Å²) in [6.07, 6.45) is 0. The van der Waals surface area contributed by atoms with E-state index < -0.39 is 5.82 Å². The Balaban J connectivity index is 2.33. The highest BCUT2D eigenvalue weighted by Crippen LogP contribution is 2.27. The minimum absolute atomic E-state index is 0.134. The molecule has 88 valence electrons. The Labute approximate surface area is 99.1 Å². The van der Waals surface area contributed by atoms with Gasteiger partial charge < -0.3 is 10.5 Å². The van der Waals surface area contributed by atoms with E-state index >= 15 is 0 Å². The van der Waals surface area contributed by atoms with Gasteiger partial charge in [-0.2, -0.15) is 0 Å². The molecule has 0 saturated heterocycles. The number of pyridine rings is 1. The van der Waals surface area contributed by atoms with Crippen molar-refractivity contribution in [1.82, 2.24) is 4.98 Å². The molecule has 2 N–H and O–H groups in total. The van der Waals surface area contributed by atoms with Crippen LogP contribution in [-0.4, -0.2) is 4.98 Å². The zero-order valence-corrected chi connectivity index (χ0v) is 9.70. The van der Waals surface area contributed by atoms with Gasteiger partial charge in [-0.15, -0.1) is 0 Å². The Kier molecular flexibility index (Phi) is 2.95. The number of rotatable bonds is 2. The van der Waals surface area contributed by atoms with Crippen molar-refractivity contribution < 1.29 is 9.13 Å². The summed E-state index contributed by atoms with van der Waals surface area (Å²) >= 11 is 0. The zero-order chi connectivity index (χ0) is 12.4. The SMILES string of the molecule is Cc1cccc(Oc2cc(C)c(N)cc2F)n1. The van der Waals surface area contributed by atoms with Gasteiger partial charge in [0, 0.05) is 23.5 Å². The lowest BCUT2D eigenvalue weighted by atomic mass is 10.2. The lowest BCUT2D eigenvalue weighted by Gasteiger charge is -2.08. The maximum absolute atomic E-state index is 13.6. The van der Waals surface area contributed by atoms with E-state index in [4.69, 9.17) is 10.5 Å². The Bertz CT molecular complexity index is 555.